The van der Waals surface area contributed by atoms with Gasteiger partial charge >= 0.3 is 0 Å². The summed E-state index contributed by atoms with van der Waals surface area (Å²) in [5.74, 6) is 0.934. The number of nitrogens with zero attached hydrogens (tertiary/aromatic N) is 2. The van der Waals surface area contributed by atoms with Crippen LogP contribution in [0, 0.1) is 5.82 Å². The zero-order valence-corrected chi connectivity index (χ0v) is 18.1. The number of methoxy groups -OCH3 is 1. The standard InChI is InChI=1S/C27H22FN3O2/c1-33-21-12-7-8-18(14-21)15-24-27(32)31-17-25(19-9-3-2-4-10-19)29-23(26(31)30-24)16-20-11-5-6-13-22(20)28/h2-14,17,29H,15-16H2,1H3. The van der Waals surface area contributed by atoms with Gasteiger partial charge in [0.1, 0.15) is 17.3 Å². The maximum atomic E-state index is 14.4. The molecule has 2 heterocycles. The summed E-state index contributed by atoms with van der Waals surface area (Å²) in [6.45, 7) is 0. The SMILES string of the molecule is COc1cccc(Cc2nc3c(Cc4ccccc4F)[nH]c(-c4ccccc4)cn-3c2=O)c1. The lowest BCUT2D eigenvalue weighted by Gasteiger charge is -2.13. The van der Waals surface area contributed by atoms with Crippen molar-refractivity contribution < 1.29 is 9.13 Å². The molecule has 164 valence electrons. The van der Waals surface area contributed by atoms with E-state index in [1.54, 1.807) is 36.1 Å². The molecule has 33 heavy (non-hydrogen) atoms. The Bertz CT molecular complexity index is 1440. The van der Waals surface area contributed by atoms with Crippen molar-refractivity contribution in [1.29, 1.82) is 0 Å². The van der Waals surface area contributed by atoms with E-state index < -0.39 is 0 Å². The quantitative estimate of drug-likeness (QED) is 0.405. The molecule has 0 aliphatic carbocycles. The van der Waals surface area contributed by atoms with Gasteiger partial charge in [-0.25, -0.2) is 9.37 Å². The van der Waals surface area contributed by atoms with Gasteiger partial charge < -0.3 is 9.72 Å². The predicted molar refractivity (Wildman–Crippen MR) is 126 cm³/mol. The summed E-state index contributed by atoms with van der Waals surface area (Å²) >= 11 is 0. The van der Waals surface area contributed by atoms with E-state index in [1.165, 1.54) is 6.07 Å². The number of aromatic amines is 1. The first-order valence-electron chi connectivity index (χ1n) is 10.7. The van der Waals surface area contributed by atoms with E-state index in [-0.39, 0.29) is 17.8 Å². The Morgan fingerprint density at radius 3 is 2.55 bits per heavy atom. The molecule has 0 aromatic heterocycles. The first-order valence-corrected chi connectivity index (χ1v) is 10.7. The summed E-state index contributed by atoms with van der Waals surface area (Å²) in [5, 5.41) is 0. The van der Waals surface area contributed by atoms with Crippen LogP contribution in [0.3, 0.4) is 0 Å². The largest absolute Gasteiger partial charge is 0.497 e. The van der Waals surface area contributed by atoms with Crippen LogP contribution < -0.4 is 10.3 Å². The molecule has 0 saturated heterocycles. The van der Waals surface area contributed by atoms with Crippen molar-refractivity contribution in [2.45, 2.75) is 12.8 Å². The van der Waals surface area contributed by atoms with E-state index in [2.05, 4.69) is 9.97 Å². The van der Waals surface area contributed by atoms with Crippen molar-refractivity contribution in [2.24, 2.45) is 0 Å². The van der Waals surface area contributed by atoms with Gasteiger partial charge in [0, 0.05) is 19.0 Å². The second kappa shape index (κ2) is 8.74. The van der Waals surface area contributed by atoms with Crippen LogP contribution in [0.2, 0.25) is 0 Å². The Morgan fingerprint density at radius 1 is 0.970 bits per heavy atom. The minimum absolute atomic E-state index is 0.186. The minimum atomic E-state index is -0.292. The third-order valence-corrected chi connectivity index (χ3v) is 5.66. The summed E-state index contributed by atoms with van der Waals surface area (Å²) in [6, 6.07) is 24.0. The average Bonchev–Trinajstić information content (AvgIpc) is 3.16. The van der Waals surface area contributed by atoms with Crippen LogP contribution in [0.1, 0.15) is 22.5 Å². The summed E-state index contributed by atoms with van der Waals surface area (Å²) in [6.07, 6.45) is 2.42. The molecule has 3 aromatic carbocycles. The Morgan fingerprint density at radius 2 is 1.76 bits per heavy atom. The van der Waals surface area contributed by atoms with E-state index >= 15 is 0 Å². The van der Waals surface area contributed by atoms with Gasteiger partial charge in [-0.3, -0.25) is 9.36 Å². The molecule has 0 spiro atoms. The summed E-state index contributed by atoms with van der Waals surface area (Å²) in [5.41, 5.74) is 4.07. The van der Waals surface area contributed by atoms with Crippen LogP contribution in [-0.2, 0) is 12.8 Å². The number of aromatic nitrogens is 3. The first-order chi connectivity index (χ1) is 16.1. The molecule has 0 fully saturated rings. The molecule has 0 radical (unpaired) electrons. The number of hydrogen-bond acceptors (Lipinski definition) is 3. The van der Waals surface area contributed by atoms with E-state index in [0.29, 0.717) is 29.2 Å². The number of H-pyrrole nitrogens is 1. The van der Waals surface area contributed by atoms with Gasteiger partial charge in [0.15, 0.2) is 5.82 Å². The Labute approximate surface area is 190 Å². The average molecular weight is 439 g/mol. The Kier molecular flexibility index (Phi) is 5.48. The van der Waals surface area contributed by atoms with Gasteiger partial charge in [-0.15, -0.1) is 0 Å². The van der Waals surface area contributed by atoms with Gasteiger partial charge in [-0.05, 0) is 34.9 Å². The Balaban J connectivity index is 1.64. The fourth-order valence-corrected chi connectivity index (χ4v) is 3.99. The van der Waals surface area contributed by atoms with Crippen LogP contribution >= 0.6 is 0 Å². The molecule has 5 rings (SSSR count). The molecule has 0 unspecified atom stereocenters. The highest BCUT2D eigenvalue weighted by molar-refractivity contribution is 5.60. The number of rotatable bonds is 6. The highest BCUT2D eigenvalue weighted by Crippen LogP contribution is 2.24. The second-order valence-electron chi connectivity index (χ2n) is 7.87. The van der Waals surface area contributed by atoms with Crippen molar-refractivity contribution in [1.82, 2.24) is 14.5 Å². The van der Waals surface area contributed by atoms with Crippen molar-refractivity contribution >= 4 is 0 Å². The molecular formula is C27H22FN3O2. The van der Waals surface area contributed by atoms with Crippen LogP contribution in [0.4, 0.5) is 4.39 Å². The molecule has 0 saturated carbocycles. The fourth-order valence-electron chi connectivity index (χ4n) is 3.99. The molecule has 3 aromatic rings. The van der Waals surface area contributed by atoms with Crippen LogP contribution in [0.5, 0.6) is 5.75 Å². The normalized spacial score (nSPS) is 11.1. The van der Waals surface area contributed by atoms with Crippen molar-refractivity contribution in [3.8, 4) is 22.8 Å². The molecule has 1 N–H and O–H groups in total. The number of nitrogens with one attached hydrogen (secondary N) is 1. The van der Waals surface area contributed by atoms with E-state index in [1.807, 2.05) is 54.6 Å². The number of imidazole rings is 1. The maximum absolute atomic E-state index is 14.4. The lowest BCUT2D eigenvalue weighted by Crippen LogP contribution is -2.18. The van der Waals surface area contributed by atoms with Gasteiger partial charge in [-0.2, -0.15) is 0 Å². The number of fused-ring (bicyclic) bond motifs is 1. The molecule has 5 nitrogen and oxygen atoms in total. The first kappa shape index (κ1) is 20.7. The number of benzene rings is 3. The molecule has 0 atom stereocenters. The van der Waals surface area contributed by atoms with Gasteiger partial charge in [0.25, 0.3) is 5.56 Å². The highest BCUT2D eigenvalue weighted by Gasteiger charge is 2.21. The van der Waals surface area contributed by atoms with Crippen molar-refractivity contribution in [2.75, 3.05) is 7.11 Å². The lowest BCUT2D eigenvalue weighted by molar-refractivity contribution is 0.414. The monoisotopic (exact) mass is 439 g/mol. The molecule has 0 amide bonds. The van der Waals surface area contributed by atoms with E-state index in [0.717, 1.165) is 22.6 Å². The second-order valence-corrected chi connectivity index (χ2v) is 7.87. The van der Waals surface area contributed by atoms with Crippen molar-refractivity contribution in [3.63, 3.8) is 0 Å². The molecule has 0 bridgehead atoms. The van der Waals surface area contributed by atoms with Gasteiger partial charge in [-0.1, -0.05) is 60.7 Å². The molecule has 2 aliphatic rings. The number of halogens is 1. The van der Waals surface area contributed by atoms with Crippen LogP contribution in [0.15, 0.2) is 89.9 Å². The summed E-state index contributed by atoms with van der Waals surface area (Å²) < 4.78 is 21.3. The van der Waals surface area contributed by atoms with E-state index in [4.69, 9.17) is 4.74 Å². The topological polar surface area (TPSA) is 59.9 Å². The lowest BCUT2D eigenvalue weighted by atomic mass is 10.1. The predicted octanol–water partition coefficient (Wildman–Crippen LogP) is 4.99. The van der Waals surface area contributed by atoms with Crippen LogP contribution in [0.25, 0.3) is 17.1 Å². The maximum Gasteiger partial charge on any atom is 0.278 e. The summed E-state index contributed by atoms with van der Waals surface area (Å²) in [7, 11) is 1.61. The highest BCUT2D eigenvalue weighted by atomic mass is 19.1. The molecule has 6 heteroatoms. The smallest absolute Gasteiger partial charge is 0.278 e. The molecule has 2 aliphatic heterocycles. The molecular weight excluding hydrogens is 417 g/mol. The van der Waals surface area contributed by atoms with Gasteiger partial charge in [0.05, 0.1) is 18.5 Å². The van der Waals surface area contributed by atoms with E-state index in [9.17, 15) is 9.18 Å². The van der Waals surface area contributed by atoms with Crippen LogP contribution in [-0.4, -0.2) is 21.6 Å². The zero-order valence-electron chi connectivity index (χ0n) is 18.1. The van der Waals surface area contributed by atoms with Crippen molar-refractivity contribution in [3.05, 3.63) is 124 Å². The third kappa shape index (κ3) is 4.15. The number of hydrogen-bond donors (Lipinski definition) is 1. The Hall–Kier alpha value is -4.19. The van der Waals surface area contributed by atoms with Gasteiger partial charge in [0.2, 0.25) is 0 Å². The zero-order chi connectivity index (χ0) is 22.8. The third-order valence-electron chi connectivity index (χ3n) is 5.66. The fraction of sp³-hybridized carbons (Fsp3) is 0.111. The summed E-state index contributed by atoms with van der Waals surface area (Å²) in [4.78, 5) is 21.4. The number of ether oxygens (including phenoxy) is 1. The minimum Gasteiger partial charge on any atom is -0.497 e.